The summed E-state index contributed by atoms with van der Waals surface area (Å²) in [4.78, 5) is 2.49. The lowest BCUT2D eigenvalue weighted by molar-refractivity contribution is 0.107. The molecule has 0 radical (unpaired) electrons. The maximum atomic E-state index is 5.88. The van der Waals surface area contributed by atoms with Gasteiger partial charge in [-0.3, -0.25) is 4.90 Å². The molecule has 2 N–H and O–H groups in total. The number of hydrogen-bond acceptors (Lipinski definition) is 3. The summed E-state index contributed by atoms with van der Waals surface area (Å²) in [6, 6.07) is 0.525. The van der Waals surface area contributed by atoms with E-state index in [0.717, 1.165) is 26.2 Å². The normalized spacial score (nSPS) is 13.7. The molecule has 1 atom stereocenters. The molecule has 0 amide bonds. The first kappa shape index (κ1) is 15.9. The minimum Gasteiger partial charge on any atom is -0.383 e. The van der Waals surface area contributed by atoms with Crippen LogP contribution in [0.15, 0.2) is 0 Å². The quantitative estimate of drug-likeness (QED) is 0.625. The van der Waals surface area contributed by atoms with Crippen LogP contribution >= 0.6 is 0 Å². The summed E-state index contributed by atoms with van der Waals surface area (Å²) in [5.41, 5.74) is 5.88. The van der Waals surface area contributed by atoms with Gasteiger partial charge in [-0.15, -0.1) is 0 Å². The molecule has 3 heteroatoms. The van der Waals surface area contributed by atoms with Crippen molar-refractivity contribution in [3.05, 3.63) is 0 Å². The highest BCUT2D eigenvalue weighted by Gasteiger charge is 2.17. The van der Waals surface area contributed by atoms with Crippen LogP contribution in [0.1, 0.15) is 40.0 Å². The molecule has 0 aliphatic heterocycles. The molecule has 3 nitrogen and oxygen atoms in total. The molecular weight excluding hydrogens is 200 g/mol. The highest BCUT2D eigenvalue weighted by molar-refractivity contribution is 4.73. The van der Waals surface area contributed by atoms with Crippen LogP contribution in [-0.2, 0) is 4.74 Å². The van der Waals surface area contributed by atoms with E-state index in [1.54, 1.807) is 7.11 Å². The second-order valence-corrected chi connectivity index (χ2v) is 4.91. The Morgan fingerprint density at radius 2 is 2.00 bits per heavy atom. The Labute approximate surface area is 101 Å². The molecule has 0 bridgehead atoms. The van der Waals surface area contributed by atoms with Gasteiger partial charge in [0, 0.05) is 32.8 Å². The van der Waals surface area contributed by atoms with Crippen LogP contribution in [0, 0.1) is 5.92 Å². The molecule has 0 saturated heterocycles. The van der Waals surface area contributed by atoms with Crippen molar-refractivity contribution in [2.75, 3.05) is 33.4 Å². The molecule has 98 valence electrons. The van der Waals surface area contributed by atoms with Crippen molar-refractivity contribution in [1.29, 1.82) is 0 Å². The number of methoxy groups -OCH3 is 1. The van der Waals surface area contributed by atoms with Crippen LogP contribution in [0.3, 0.4) is 0 Å². The Balaban J connectivity index is 4.18. The first-order valence-electron chi connectivity index (χ1n) is 6.58. The Morgan fingerprint density at radius 3 is 2.44 bits per heavy atom. The van der Waals surface area contributed by atoms with E-state index < -0.39 is 0 Å². The number of nitrogens with two attached hydrogens (primary N) is 1. The second-order valence-electron chi connectivity index (χ2n) is 4.91. The van der Waals surface area contributed by atoms with Gasteiger partial charge in [-0.05, 0) is 12.3 Å². The third-order valence-electron chi connectivity index (χ3n) is 2.86. The summed E-state index contributed by atoms with van der Waals surface area (Å²) in [6.07, 6.45) is 3.73. The third kappa shape index (κ3) is 7.20. The smallest absolute Gasteiger partial charge is 0.0589 e. The van der Waals surface area contributed by atoms with Crippen molar-refractivity contribution in [1.82, 2.24) is 4.90 Å². The Morgan fingerprint density at radius 1 is 1.31 bits per heavy atom. The number of rotatable bonds is 10. The zero-order chi connectivity index (χ0) is 12.4. The Bertz CT molecular complexity index is 151. The largest absolute Gasteiger partial charge is 0.383 e. The summed E-state index contributed by atoms with van der Waals surface area (Å²) in [6.45, 7) is 10.4. The second kappa shape index (κ2) is 10.1. The number of nitrogens with zero attached hydrogens (tertiary/aromatic N) is 1. The van der Waals surface area contributed by atoms with Crippen molar-refractivity contribution < 1.29 is 4.74 Å². The van der Waals surface area contributed by atoms with E-state index in [1.165, 1.54) is 19.3 Å². The van der Waals surface area contributed by atoms with Gasteiger partial charge in [0.25, 0.3) is 0 Å². The lowest BCUT2D eigenvalue weighted by atomic mass is 10.1. The van der Waals surface area contributed by atoms with Gasteiger partial charge in [0.05, 0.1) is 6.61 Å². The molecule has 0 fully saturated rings. The maximum absolute atomic E-state index is 5.88. The zero-order valence-corrected chi connectivity index (χ0v) is 11.5. The summed E-state index contributed by atoms with van der Waals surface area (Å²) in [5.74, 6) is 0.688. The predicted octanol–water partition coefficient (Wildman–Crippen LogP) is 2.11. The molecule has 0 heterocycles. The fourth-order valence-corrected chi connectivity index (χ4v) is 1.99. The van der Waals surface area contributed by atoms with Crippen LogP contribution < -0.4 is 5.73 Å². The first-order chi connectivity index (χ1) is 7.65. The van der Waals surface area contributed by atoms with Crippen LogP contribution in [0.2, 0.25) is 0 Å². The first-order valence-corrected chi connectivity index (χ1v) is 6.58. The summed E-state index contributed by atoms with van der Waals surface area (Å²) < 4.78 is 5.17. The van der Waals surface area contributed by atoms with E-state index in [1.807, 2.05) is 0 Å². The molecule has 0 aromatic rings. The highest BCUT2D eigenvalue weighted by atomic mass is 16.5. The van der Waals surface area contributed by atoms with Gasteiger partial charge >= 0.3 is 0 Å². The molecule has 16 heavy (non-hydrogen) atoms. The van der Waals surface area contributed by atoms with Crippen molar-refractivity contribution in [3.63, 3.8) is 0 Å². The molecule has 0 aromatic heterocycles. The maximum Gasteiger partial charge on any atom is 0.0589 e. The summed E-state index contributed by atoms with van der Waals surface area (Å²) in [7, 11) is 1.76. The monoisotopic (exact) mass is 230 g/mol. The van der Waals surface area contributed by atoms with Crippen molar-refractivity contribution in [3.8, 4) is 0 Å². The van der Waals surface area contributed by atoms with Gasteiger partial charge in [-0.1, -0.05) is 33.6 Å². The molecule has 0 aliphatic rings. The minimum atomic E-state index is 0.525. The van der Waals surface area contributed by atoms with Gasteiger partial charge in [0.1, 0.15) is 0 Å². The topological polar surface area (TPSA) is 38.5 Å². The van der Waals surface area contributed by atoms with Gasteiger partial charge in [0.15, 0.2) is 0 Å². The summed E-state index contributed by atoms with van der Waals surface area (Å²) >= 11 is 0. The van der Waals surface area contributed by atoms with Crippen molar-refractivity contribution in [2.24, 2.45) is 11.7 Å². The average molecular weight is 230 g/mol. The molecule has 0 rings (SSSR count). The predicted molar refractivity (Wildman–Crippen MR) is 70.7 cm³/mol. The van der Waals surface area contributed by atoms with Crippen LogP contribution in [-0.4, -0.2) is 44.3 Å². The molecule has 0 saturated carbocycles. The molecule has 0 spiro atoms. The van der Waals surface area contributed by atoms with Crippen LogP contribution in [0.5, 0.6) is 0 Å². The van der Waals surface area contributed by atoms with Crippen LogP contribution in [0.4, 0.5) is 0 Å². The lowest BCUT2D eigenvalue weighted by Crippen LogP contribution is -2.44. The minimum absolute atomic E-state index is 0.525. The molecule has 0 aliphatic carbocycles. The standard InChI is InChI=1S/C13H30N2O/c1-5-6-7-13(10-14)15(8-9-16-4)11-12(2)3/h12-13H,5-11,14H2,1-4H3. The van der Waals surface area contributed by atoms with Gasteiger partial charge < -0.3 is 10.5 Å². The van der Waals surface area contributed by atoms with Crippen LogP contribution in [0.25, 0.3) is 0 Å². The SMILES string of the molecule is CCCCC(CN)N(CCOC)CC(C)C. The number of hydrogen-bond donors (Lipinski definition) is 1. The molecule has 0 aromatic carbocycles. The van der Waals surface area contributed by atoms with E-state index in [9.17, 15) is 0 Å². The number of unbranched alkanes of at least 4 members (excludes halogenated alkanes) is 1. The van der Waals surface area contributed by atoms with E-state index in [0.29, 0.717) is 12.0 Å². The third-order valence-corrected chi connectivity index (χ3v) is 2.86. The highest BCUT2D eigenvalue weighted by Crippen LogP contribution is 2.10. The van der Waals surface area contributed by atoms with E-state index in [-0.39, 0.29) is 0 Å². The van der Waals surface area contributed by atoms with Gasteiger partial charge in [0.2, 0.25) is 0 Å². The molecular formula is C13H30N2O. The fraction of sp³-hybridized carbons (Fsp3) is 1.00. The lowest BCUT2D eigenvalue weighted by Gasteiger charge is -2.32. The van der Waals surface area contributed by atoms with E-state index in [4.69, 9.17) is 10.5 Å². The van der Waals surface area contributed by atoms with Crippen molar-refractivity contribution in [2.45, 2.75) is 46.1 Å². The zero-order valence-electron chi connectivity index (χ0n) is 11.5. The molecule has 1 unspecified atom stereocenters. The van der Waals surface area contributed by atoms with E-state index in [2.05, 4.69) is 25.7 Å². The van der Waals surface area contributed by atoms with Crippen molar-refractivity contribution >= 4 is 0 Å². The Kier molecular flexibility index (Phi) is 9.99. The van der Waals surface area contributed by atoms with Gasteiger partial charge in [-0.25, -0.2) is 0 Å². The summed E-state index contributed by atoms with van der Waals surface area (Å²) in [5, 5.41) is 0. The average Bonchev–Trinajstić information content (AvgIpc) is 2.25. The van der Waals surface area contributed by atoms with E-state index >= 15 is 0 Å². The Hall–Kier alpha value is -0.120. The fourth-order valence-electron chi connectivity index (χ4n) is 1.99. The van der Waals surface area contributed by atoms with Gasteiger partial charge in [-0.2, -0.15) is 0 Å². The number of ether oxygens (including phenoxy) is 1.